The van der Waals surface area contributed by atoms with E-state index in [9.17, 15) is 0 Å². The first-order chi connectivity index (χ1) is 8.60. The normalized spacial score (nSPS) is 10.4. The molecular weight excluding hydrogens is 290 g/mol. The summed E-state index contributed by atoms with van der Waals surface area (Å²) in [5.74, 6) is 0.684. The van der Waals surface area contributed by atoms with Gasteiger partial charge in [0.25, 0.3) is 0 Å². The van der Waals surface area contributed by atoms with Gasteiger partial charge in [-0.05, 0) is 58.6 Å². The van der Waals surface area contributed by atoms with Crippen LogP contribution in [0, 0.1) is 6.92 Å². The summed E-state index contributed by atoms with van der Waals surface area (Å²) < 4.78 is 0.878. The third kappa shape index (κ3) is 2.82. The molecule has 2 aromatic rings. The first-order valence-electron chi connectivity index (χ1n) is 5.87. The maximum atomic E-state index is 5.91. The minimum atomic E-state index is 0.628. The summed E-state index contributed by atoms with van der Waals surface area (Å²) in [6, 6.07) is 8.12. The molecule has 94 valence electrons. The van der Waals surface area contributed by atoms with E-state index in [-0.39, 0.29) is 0 Å². The van der Waals surface area contributed by atoms with Crippen LogP contribution in [0.4, 0.5) is 17.2 Å². The molecule has 3 nitrogen and oxygen atoms in total. The van der Waals surface area contributed by atoms with Gasteiger partial charge in [0, 0.05) is 16.4 Å². The number of nitrogens with one attached hydrogen (secondary N) is 1. The van der Waals surface area contributed by atoms with Crippen molar-refractivity contribution in [2.24, 2.45) is 0 Å². The van der Waals surface area contributed by atoms with Crippen LogP contribution < -0.4 is 11.1 Å². The molecule has 1 heterocycles. The smallest absolute Gasteiger partial charge is 0.153 e. The van der Waals surface area contributed by atoms with Crippen molar-refractivity contribution >= 4 is 33.1 Å². The molecule has 0 aliphatic carbocycles. The number of aromatic nitrogens is 1. The van der Waals surface area contributed by atoms with Gasteiger partial charge >= 0.3 is 0 Å². The molecular formula is C14H16BrN3. The molecule has 0 radical (unpaired) electrons. The number of benzene rings is 1. The first-order valence-corrected chi connectivity index (χ1v) is 6.67. The summed E-state index contributed by atoms with van der Waals surface area (Å²) in [6.07, 6.45) is 2.75. The van der Waals surface area contributed by atoms with Crippen LogP contribution in [0.25, 0.3) is 0 Å². The van der Waals surface area contributed by atoms with Crippen LogP contribution in [0.2, 0.25) is 0 Å². The number of nitrogen functional groups attached to an aromatic ring is 1. The van der Waals surface area contributed by atoms with Crippen LogP contribution in [-0.2, 0) is 6.42 Å². The lowest BCUT2D eigenvalue weighted by atomic mass is 10.1. The number of anilines is 3. The monoisotopic (exact) mass is 305 g/mol. The van der Waals surface area contributed by atoms with Crippen LogP contribution in [0.15, 0.2) is 34.9 Å². The standard InChI is InChI=1S/C14H16BrN3/c1-3-10-6-12(5-4-9(10)2)18-14-13(16)7-11(15)8-17-14/h4-8H,3,16H2,1-2H3,(H,17,18). The van der Waals surface area contributed by atoms with Crippen molar-refractivity contribution in [3.63, 3.8) is 0 Å². The van der Waals surface area contributed by atoms with Crippen molar-refractivity contribution in [3.05, 3.63) is 46.1 Å². The molecule has 4 heteroatoms. The highest BCUT2D eigenvalue weighted by Gasteiger charge is 2.03. The fourth-order valence-electron chi connectivity index (χ4n) is 1.83. The number of nitrogens with two attached hydrogens (primary N) is 1. The summed E-state index contributed by atoms with van der Waals surface area (Å²) >= 11 is 3.34. The predicted octanol–water partition coefficient (Wildman–Crippen LogP) is 4.04. The molecule has 0 unspecified atom stereocenters. The molecule has 3 N–H and O–H groups in total. The van der Waals surface area contributed by atoms with E-state index in [1.165, 1.54) is 11.1 Å². The number of rotatable bonds is 3. The third-order valence-electron chi connectivity index (χ3n) is 2.88. The molecule has 0 bridgehead atoms. The zero-order chi connectivity index (χ0) is 13.1. The van der Waals surface area contributed by atoms with Crippen molar-refractivity contribution in [2.45, 2.75) is 20.3 Å². The Morgan fingerprint density at radius 2 is 2.11 bits per heavy atom. The van der Waals surface area contributed by atoms with Crippen LogP contribution in [0.5, 0.6) is 0 Å². The zero-order valence-corrected chi connectivity index (χ0v) is 12.1. The minimum Gasteiger partial charge on any atom is -0.396 e. The second kappa shape index (κ2) is 5.40. The second-order valence-electron chi connectivity index (χ2n) is 4.21. The van der Waals surface area contributed by atoms with E-state index in [1.807, 2.05) is 12.1 Å². The van der Waals surface area contributed by atoms with Gasteiger partial charge < -0.3 is 11.1 Å². The van der Waals surface area contributed by atoms with Gasteiger partial charge in [-0.1, -0.05) is 13.0 Å². The molecule has 0 aliphatic rings. The van der Waals surface area contributed by atoms with Gasteiger partial charge in [-0.15, -0.1) is 0 Å². The Morgan fingerprint density at radius 1 is 1.33 bits per heavy atom. The SMILES string of the molecule is CCc1cc(Nc2ncc(Br)cc2N)ccc1C. The molecule has 0 saturated carbocycles. The highest BCUT2D eigenvalue weighted by molar-refractivity contribution is 9.10. The molecule has 0 atom stereocenters. The number of aryl methyl sites for hydroxylation is 2. The van der Waals surface area contributed by atoms with Gasteiger partial charge in [0.05, 0.1) is 5.69 Å². The van der Waals surface area contributed by atoms with Crippen LogP contribution in [-0.4, -0.2) is 4.98 Å². The summed E-state index contributed by atoms with van der Waals surface area (Å²) in [5, 5.41) is 3.24. The highest BCUT2D eigenvalue weighted by atomic mass is 79.9. The summed E-state index contributed by atoms with van der Waals surface area (Å²) in [7, 11) is 0. The van der Waals surface area contributed by atoms with Crippen molar-refractivity contribution in [1.82, 2.24) is 4.98 Å². The van der Waals surface area contributed by atoms with Gasteiger partial charge in [-0.3, -0.25) is 0 Å². The fourth-order valence-corrected chi connectivity index (χ4v) is 2.18. The van der Waals surface area contributed by atoms with E-state index >= 15 is 0 Å². The highest BCUT2D eigenvalue weighted by Crippen LogP contribution is 2.25. The van der Waals surface area contributed by atoms with Crippen molar-refractivity contribution in [1.29, 1.82) is 0 Å². The molecule has 2 rings (SSSR count). The lowest BCUT2D eigenvalue weighted by Gasteiger charge is -2.11. The molecule has 0 spiro atoms. The molecule has 0 fully saturated rings. The van der Waals surface area contributed by atoms with E-state index < -0.39 is 0 Å². The largest absolute Gasteiger partial charge is 0.396 e. The van der Waals surface area contributed by atoms with Crippen molar-refractivity contribution in [3.8, 4) is 0 Å². The summed E-state index contributed by atoms with van der Waals surface area (Å²) in [6.45, 7) is 4.27. The maximum Gasteiger partial charge on any atom is 0.153 e. The quantitative estimate of drug-likeness (QED) is 0.899. The lowest BCUT2D eigenvalue weighted by molar-refractivity contribution is 1.11. The van der Waals surface area contributed by atoms with Gasteiger partial charge in [0.2, 0.25) is 0 Å². The number of hydrogen-bond acceptors (Lipinski definition) is 3. The third-order valence-corrected chi connectivity index (χ3v) is 3.31. The van der Waals surface area contributed by atoms with E-state index in [1.54, 1.807) is 6.20 Å². The molecule has 18 heavy (non-hydrogen) atoms. The topological polar surface area (TPSA) is 50.9 Å². The zero-order valence-electron chi connectivity index (χ0n) is 10.5. The van der Waals surface area contributed by atoms with Crippen LogP contribution in [0.1, 0.15) is 18.1 Å². The predicted molar refractivity (Wildman–Crippen MR) is 80.2 cm³/mol. The Morgan fingerprint density at radius 3 is 2.78 bits per heavy atom. The average Bonchev–Trinajstić information content (AvgIpc) is 2.35. The summed E-state index contributed by atoms with van der Waals surface area (Å²) in [5.41, 5.74) is 10.2. The van der Waals surface area contributed by atoms with Gasteiger partial charge in [-0.25, -0.2) is 4.98 Å². The Kier molecular flexibility index (Phi) is 3.87. The van der Waals surface area contributed by atoms with Crippen molar-refractivity contribution in [2.75, 3.05) is 11.1 Å². The molecule has 0 amide bonds. The Labute approximate surface area is 116 Å². The van der Waals surface area contributed by atoms with E-state index in [2.05, 4.69) is 52.2 Å². The number of nitrogens with zero attached hydrogens (tertiary/aromatic N) is 1. The maximum absolute atomic E-state index is 5.91. The average molecular weight is 306 g/mol. The second-order valence-corrected chi connectivity index (χ2v) is 5.13. The first kappa shape index (κ1) is 12.9. The van der Waals surface area contributed by atoms with Crippen molar-refractivity contribution < 1.29 is 0 Å². The Hall–Kier alpha value is -1.55. The number of pyridine rings is 1. The van der Waals surface area contributed by atoms with Gasteiger partial charge in [0.1, 0.15) is 0 Å². The molecule has 0 saturated heterocycles. The Bertz CT molecular complexity index is 567. The minimum absolute atomic E-state index is 0.628. The van der Waals surface area contributed by atoms with Crippen LogP contribution >= 0.6 is 15.9 Å². The van der Waals surface area contributed by atoms with E-state index in [0.717, 1.165) is 16.6 Å². The van der Waals surface area contributed by atoms with Gasteiger partial charge in [0.15, 0.2) is 5.82 Å². The van der Waals surface area contributed by atoms with E-state index in [0.29, 0.717) is 11.5 Å². The van der Waals surface area contributed by atoms with E-state index in [4.69, 9.17) is 5.73 Å². The lowest BCUT2D eigenvalue weighted by Crippen LogP contribution is -2.00. The Balaban J connectivity index is 2.28. The molecule has 1 aromatic heterocycles. The number of hydrogen-bond donors (Lipinski definition) is 2. The molecule has 0 aliphatic heterocycles. The van der Waals surface area contributed by atoms with Gasteiger partial charge in [-0.2, -0.15) is 0 Å². The number of halogens is 1. The fraction of sp³-hybridized carbons (Fsp3) is 0.214. The summed E-state index contributed by atoms with van der Waals surface area (Å²) in [4.78, 5) is 4.27. The molecule has 1 aromatic carbocycles. The van der Waals surface area contributed by atoms with Crippen LogP contribution in [0.3, 0.4) is 0 Å².